The second-order valence-electron chi connectivity index (χ2n) is 15.5. The fraction of sp³-hybridized carbons (Fsp3) is 0.261. The molecule has 13 nitrogen and oxygen atoms in total. The molecule has 15 heteroatoms. The van der Waals surface area contributed by atoms with Crippen LogP contribution < -0.4 is 20.1 Å². The molecule has 0 fully saturated rings. The first-order valence-corrected chi connectivity index (χ1v) is 20.1. The number of ether oxygens (including phenoxy) is 4. The van der Waals surface area contributed by atoms with Gasteiger partial charge in [-0.3, -0.25) is 14.5 Å². The number of hydrogen-bond donors (Lipinski definition) is 2. The molecule has 0 radical (unpaired) electrons. The highest BCUT2D eigenvalue weighted by Gasteiger charge is 2.40. The van der Waals surface area contributed by atoms with Crippen LogP contribution in [0.3, 0.4) is 0 Å². The Morgan fingerprint density at radius 2 is 1.66 bits per heavy atom. The summed E-state index contributed by atoms with van der Waals surface area (Å²) >= 11 is 12.0. The number of esters is 1. The SMILES string of the molecule is COC(=O)[C@H](Cc1ccc(-c2ccc(C#N)cc2)cc1)NC(=O)C1Cc2cc3c(cc2CN1C(=O)OC(C)(C)C)O[C@@H](c1ccc(OCc2ccc(Cl)c(Cl)n2)cc1)C(=O)N3. The van der Waals surface area contributed by atoms with Crippen LogP contribution in [0.4, 0.5) is 10.5 Å². The van der Waals surface area contributed by atoms with Gasteiger partial charge in [0.05, 0.1) is 41.7 Å². The number of halogens is 2. The van der Waals surface area contributed by atoms with Crippen LogP contribution in [0.25, 0.3) is 11.1 Å². The molecule has 3 amide bonds. The first kappa shape index (κ1) is 42.5. The first-order chi connectivity index (χ1) is 29.2. The maximum atomic E-state index is 14.2. The zero-order valence-electron chi connectivity index (χ0n) is 33.7. The number of nitrogens with zero attached hydrogens (tertiary/aromatic N) is 3. The van der Waals surface area contributed by atoms with Gasteiger partial charge >= 0.3 is 12.1 Å². The number of amides is 3. The van der Waals surface area contributed by atoms with Gasteiger partial charge in [0.25, 0.3) is 5.91 Å². The maximum absolute atomic E-state index is 14.2. The van der Waals surface area contributed by atoms with Gasteiger partial charge in [-0.1, -0.05) is 71.7 Å². The van der Waals surface area contributed by atoms with Crippen molar-refractivity contribution < 1.29 is 38.1 Å². The third-order valence-electron chi connectivity index (χ3n) is 10.1. The van der Waals surface area contributed by atoms with Crippen molar-refractivity contribution in [2.24, 2.45) is 0 Å². The van der Waals surface area contributed by atoms with Gasteiger partial charge in [0, 0.05) is 18.4 Å². The quantitative estimate of drug-likeness (QED) is 0.103. The van der Waals surface area contributed by atoms with Gasteiger partial charge in [-0.05, 0) is 97.1 Å². The van der Waals surface area contributed by atoms with E-state index < -0.39 is 47.7 Å². The summed E-state index contributed by atoms with van der Waals surface area (Å²) in [5.41, 5.74) is 5.26. The van der Waals surface area contributed by atoms with E-state index in [1.807, 2.05) is 36.4 Å². The average molecular weight is 863 g/mol. The lowest BCUT2D eigenvalue weighted by Gasteiger charge is -2.38. The van der Waals surface area contributed by atoms with E-state index in [4.69, 9.17) is 47.4 Å². The number of aromatic nitrogens is 1. The Bertz CT molecular complexity index is 2520. The van der Waals surface area contributed by atoms with Gasteiger partial charge in [0.2, 0.25) is 12.0 Å². The van der Waals surface area contributed by atoms with Gasteiger partial charge in [-0.25, -0.2) is 14.6 Å². The summed E-state index contributed by atoms with van der Waals surface area (Å²) in [4.78, 5) is 60.0. The minimum atomic E-state index is -1.08. The van der Waals surface area contributed by atoms with E-state index in [0.717, 1.165) is 16.7 Å². The fourth-order valence-electron chi connectivity index (χ4n) is 7.00. The Kier molecular flexibility index (Phi) is 12.5. The molecule has 1 aromatic heterocycles. The smallest absolute Gasteiger partial charge is 0.411 e. The fourth-order valence-corrected chi connectivity index (χ4v) is 7.27. The number of benzene rings is 4. The second kappa shape index (κ2) is 17.9. The summed E-state index contributed by atoms with van der Waals surface area (Å²) in [6.07, 6.45) is -1.53. The number of hydrogen-bond acceptors (Lipinski definition) is 10. The summed E-state index contributed by atoms with van der Waals surface area (Å²) in [6.45, 7) is 5.33. The molecule has 1 unspecified atom stereocenters. The standard InChI is InChI=1S/C46H41Cl2N5O8/c1-46(2,3)61-45(57)53-24-32-22-39-36(51-43(55)40(60-39)30-13-16-34(17-14-30)59-25-33-15-18-35(47)41(48)50-33)20-31(32)21-38(53)42(54)52-37(44(56)58-4)19-26-5-9-28(10-6-26)29-11-7-27(23-49)8-12-29/h5-18,20,22,37-38,40H,19,21,24-25H2,1-4H3,(H,51,55)(H,52,54)/t37-,38?,40-/m0/s1. The number of nitriles is 1. The molecule has 0 aliphatic carbocycles. The molecule has 5 aromatic rings. The number of rotatable bonds is 10. The van der Waals surface area contributed by atoms with Gasteiger partial charge in [0.1, 0.15) is 40.9 Å². The number of pyridine rings is 1. The highest BCUT2D eigenvalue weighted by atomic mass is 35.5. The Hall–Kier alpha value is -6.62. The van der Waals surface area contributed by atoms with E-state index in [9.17, 15) is 19.2 Å². The highest BCUT2D eigenvalue weighted by Crippen LogP contribution is 2.40. The van der Waals surface area contributed by atoms with Gasteiger partial charge in [0.15, 0.2) is 0 Å². The molecule has 2 aliphatic heterocycles. The minimum absolute atomic E-state index is 0.0169. The van der Waals surface area contributed by atoms with E-state index in [2.05, 4.69) is 21.7 Å². The minimum Gasteiger partial charge on any atom is -0.487 e. The Morgan fingerprint density at radius 3 is 2.30 bits per heavy atom. The molecular weight excluding hydrogens is 821 g/mol. The second-order valence-corrected chi connectivity index (χ2v) is 16.3. The number of nitrogens with one attached hydrogen (secondary N) is 2. The summed E-state index contributed by atoms with van der Waals surface area (Å²) in [6, 6.07) is 28.4. The molecule has 2 N–H and O–H groups in total. The summed E-state index contributed by atoms with van der Waals surface area (Å²) < 4.78 is 22.9. The van der Waals surface area contributed by atoms with Crippen LogP contribution in [-0.2, 0) is 49.9 Å². The Labute approximate surface area is 362 Å². The van der Waals surface area contributed by atoms with Crippen molar-refractivity contribution in [1.29, 1.82) is 5.26 Å². The first-order valence-electron chi connectivity index (χ1n) is 19.3. The summed E-state index contributed by atoms with van der Waals surface area (Å²) in [7, 11) is 1.24. The van der Waals surface area contributed by atoms with Crippen molar-refractivity contribution >= 4 is 52.8 Å². The molecule has 312 valence electrons. The van der Waals surface area contributed by atoms with Crippen molar-refractivity contribution in [2.45, 2.75) is 70.6 Å². The molecular formula is C46H41Cl2N5O8. The predicted octanol–water partition coefficient (Wildman–Crippen LogP) is 8.14. The van der Waals surface area contributed by atoms with Crippen molar-refractivity contribution in [3.8, 4) is 28.7 Å². The van der Waals surface area contributed by atoms with E-state index in [0.29, 0.717) is 50.2 Å². The average Bonchev–Trinajstić information content (AvgIpc) is 3.24. The zero-order chi connectivity index (χ0) is 43.4. The largest absolute Gasteiger partial charge is 0.487 e. The predicted molar refractivity (Wildman–Crippen MR) is 227 cm³/mol. The molecule has 7 rings (SSSR count). The maximum Gasteiger partial charge on any atom is 0.411 e. The van der Waals surface area contributed by atoms with Crippen molar-refractivity contribution in [2.75, 3.05) is 12.4 Å². The molecule has 0 saturated heterocycles. The van der Waals surface area contributed by atoms with Crippen LogP contribution in [0.2, 0.25) is 10.2 Å². The van der Waals surface area contributed by atoms with Crippen LogP contribution in [0.5, 0.6) is 11.5 Å². The highest BCUT2D eigenvalue weighted by molar-refractivity contribution is 6.41. The van der Waals surface area contributed by atoms with Gasteiger partial charge < -0.3 is 29.6 Å². The number of anilines is 1. The van der Waals surface area contributed by atoms with Crippen LogP contribution in [0, 0.1) is 11.3 Å². The van der Waals surface area contributed by atoms with E-state index >= 15 is 0 Å². The van der Waals surface area contributed by atoms with Crippen LogP contribution in [0.15, 0.2) is 97.1 Å². The van der Waals surface area contributed by atoms with E-state index in [-0.39, 0.29) is 31.1 Å². The molecule has 0 saturated carbocycles. The van der Waals surface area contributed by atoms with Crippen LogP contribution in [-0.4, -0.2) is 58.6 Å². The van der Waals surface area contributed by atoms with Crippen molar-refractivity contribution in [3.05, 3.63) is 141 Å². The molecule has 4 aromatic carbocycles. The third kappa shape index (κ3) is 10.1. The van der Waals surface area contributed by atoms with Crippen molar-refractivity contribution in [1.82, 2.24) is 15.2 Å². The number of carbonyl (C=O) groups excluding carboxylic acids is 4. The molecule has 3 atom stereocenters. The van der Waals surface area contributed by atoms with E-state index in [1.165, 1.54) is 12.0 Å². The van der Waals surface area contributed by atoms with Gasteiger partial charge in [-0.15, -0.1) is 0 Å². The topological polar surface area (TPSA) is 169 Å². The lowest BCUT2D eigenvalue weighted by atomic mass is 9.91. The summed E-state index contributed by atoms with van der Waals surface area (Å²) in [5.74, 6) is -0.712. The van der Waals surface area contributed by atoms with Crippen LogP contribution >= 0.6 is 23.2 Å². The molecule has 0 bridgehead atoms. The Morgan fingerprint density at radius 1 is 0.967 bits per heavy atom. The molecule has 2 aliphatic rings. The third-order valence-corrected chi connectivity index (χ3v) is 10.8. The molecule has 3 heterocycles. The van der Waals surface area contributed by atoms with Crippen molar-refractivity contribution in [3.63, 3.8) is 0 Å². The van der Waals surface area contributed by atoms with Crippen LogP contribution in [0.1, 0.15) is 60.4 Å². The lowest BCUT2D eigenvalue weighted by Crippen LogP contribution is -2.56. The Balaban J connectivity index is 1.07. The number of carbonyl (C=O) groups is 4. The zero-order valence-corrected chi connectivity index (χ0v) is 35.2. The number of methoxy groups -OCH3 is 1. The monoisotopic (exact) mass is 861 g/mol. The summed E-state index contributed by atoms with van der Waals surface area (Å²) in [5, 5.41) is 15.4. The van der Waals surface area contributed by atoms with E-state index in [1.54, 1.807) is 81.4 Å². The normalized spacial score (nSPS) is 16.1. The van der Waals surface area contributed by atoms with Gasteiger partial charge in [-0.2, -0.15) is 5.26 Å². The molecule has 61 heavy (non-hydrogen) atoms. The number of fused-ring (bicyclic) bond motifs is 2. The molecule has 0 spiro atoms. The lowest BCUT2D eigenvalue weighted by molar-refractivity contribution is -0.145.